The van der Waals surface area contributed by atoms with Gasteiger partial charge in [0.05, 0.1) is 12.7 Å². The van der Waals surface area contributed by atoms with E-state index >= 15 is 0 Å². The Morgan fingerprint density at radius 3 is 2.90 bits per heavy atom. The third-order valence-corrected chi connectivity index (χ3v) is 4.89. The van der Waals surface area contributed by atoms with Crippen LogP contribution in [0, 0.1) is 0 Å². The second-order valence-corrected chi connectivity index (χ2v) is 7.47. The van der Waals surface area contributed by atoms with Gasteiger partial charge in [-0.1, -0.05) is 29.8 Å². The highest BCUT2D eigenvalue weighted by Crippen LogP contribution is 2.33. The van der Waals surface area contributed by atoms with Gasteiger partial charge in [-0.25, -0.2) is 4.79 Å². The van der Waals surface area contributed by atoms with Crippen LogP contribution >= 0.6 is 11.6 Å². The average Bonchev–Trinajstić information content (AvgIpc) is 2.71. The molecule has 0 saturated heterocycles. The first-order valence-electron chi connectivity index (χ1n) is 9.72. The molecular formula is C22H26ClNO5. The van der Waals surface area contributed by atoms with Gasteiger partial charge in [0.2, 0.25) is 6.10 Å². The van der Waals surface area contributed by atoms with E-state index in [4.69, 9.17) is 25.8 Å². The number of fused-ring (bicyclic) bond motifs is 1. The first kappa shape index (κ1) is 21.4. The molecule has 3 rings (SSSR count). The first-order valence-corrected chi connectivity index (χ1v) is 10.1. The summed E-state index contributed by atoms with van der Waals surface area (Å²) in [7, 11) is 0. The highest BCUT2D eigenvalue weighted by Gasteiger charge is 2.28. The molecule has 0 amide bonds. The SMILES string of the molecule is CCOC(=O)[C@H]1COc2cc(C[C@@H](C)NC[C@H](O)c3cccc(Cl)c3)ccc2O1. The zero-order valence-corrected chi connectivity index (χ0v) is 17.3. The van der Waals surface area contributed by atoms with E-state index in [1.807, 2.05) is 30.3 Å². The van der Waals surface area contributed by atoms with Crippen molar-refractivity contribution in [3.8, 4) is 11.5 Å². The van der Waals surface area contributed by atoms with Crippen LogP contribution in [-0.2, 0) is 16.0 Å². The Hall–Kier alpha value is -2.28. The standard InChI is InChI=1S/C22H26ClNO5/c1-3-27-22(26)21-13-28-20-10-15(7-8-19(20)29-21)9-14(2)24-12-18(25)16-5-4-6-17(23)11-16/h4-8,10-11,14,18,21,24-25H,3,9,12-13H2,1-2H3/t14-,18+,21-/m1/s1. The molecule has 2 aromatic rings. The van der Waals surface area contributed by atoms with E-state index in [1.54, 1.807) is 19.1 Å². The topological polar surface area (TPSA) is 77.0 Å². The average molecular weight is 420 g/mol. The maximum absolute atomic E-state index is 11.8. The smallest absolute Gasteiger partial charge is 0.350 e. The van der Waals surface area contributed by atoms with E-state index in [0.717, 1.165) is 17.5 Å². The van der Waals surface area contributed by atoms with Crippen molar-refractivity contribution in [1.29, 1.82) is 0 Å². The van der Waals surface area contributed by atoms with E-state index in [1.165, 1.54) is 0 Å². The van der Waals surface area contributed by atoms with Crippen molar-refractivity contribution in [3.05, 3.63) is 58.6 Å². The molecule has 0 radical (unpaired) electrons. The number of nitrogens with one attached hydrogen (secondary N) is 1. The Morgan fingerprint density at radius 1 is 1.31 bits per heavy atom. The van der Waals surface area contributed by atoms with Crippen molar-refractivity contribution in [2.24, 2.45) is 0 Å². The quantitative estimate of drug-likeness (QED) is 0.639. The normalized spacial score (nSPS) is 17.4. The fraction of sp³-hybridized carbons (Fsp3) is 0.409. The Kier molecular flexibility index (Phi) is 7.36. The van der Waals surface area contributed by atoms with E-state index in [9.17, 15) is 9.90 Å². The van der Waals surface area contributed by atoms with Crippen LogP contribution in [0.3, 0.4) is 0 Å². The van der Waals surface area contributed by atoms with Gasteiger partial charge in [0.15, 0.2) is 11.5 Å². The lowest BCUT2D eigenvalue weighted by molar-refractivity contribution is -0.153. The monoisotopic (exact) mass is 419 g/mol. The lowest BCUT2D eigenvalue weighted by Gasteiger charge is -2.25. The van der Waals surface area contributed by atoms with Crippen molar-refractivity contribution in [2.75, 3.05) is 19.8 Å². The zero-order valence-electron chi connectivity index (χ0n) is 16.6. The maximum Gasteiger partial charge on any atom is 0.350 e. The molecule has 0 aliphatic carbocycles. The number of aliphatic hydroxyl groups is 1. The number of rotatable bonds is 8. The fourth-order valence-corrected chi connectivity index (χ4v) is 3.36. The molecule has 0 saturated carbocycles. The number of hydrogen-bond acceptors (Lipinski definition) is 6. The summed E-state index contributed by atoms with van der Waals surface area (Å²) in [6, 6.07) is 13.0. The van der Waals surface area contributed by atoms with Crippen LogP contribution in [0.25, 0.3) is 0 Å². The number of aliphatic hydroxyl groups excluding tert-OH is 1. The lowest BCUT2D eigenvalue weighted by atomic mass is 10.0. The molecule has 2 aromatic carbocycles. The van der Waals surface area contributed by atoms with Gasteiger partial charge < -0.3 is 24.6 Å². The third kappa shape index (κ3) is 5.85. The maximum atomic E-state index is 11.8. The van der Waals surface area contributed by atoms with Gasteiger partial charge >= 0.3 is 5.97 Å². The summed E-state index contributed by atoms with van der Waals surface area (Å²) < 4.78 is 16.4. The molecule has 1 aliphatic heterocycles. The summed E-state index contributed by atoms with van der Waals surface area (Å²) in [6.45, 7) is 4.67. The van der Waals surface area contributed by atoms with Gasteiger partial charge in [0, 0.05) is 17.6 Å². The molecule has 0 aromatic heterocycles. The van der Waals surface area contributed by atoms with Crippen LogP contribution in [0.2, 0.25) is 5.02 Å². The highest BCUT2D eigenvalue weighted by molar-refractivity contribution is 6.30. The van der Waals surface area contributed by atoms with Crippen LogP contribution in [0.5, 0.6) is 11.5 Å². The molecule has 0 fully saturated rings. The molecule has 6 nitrogen and oxygen atoms in total. The van der Waals surface area contributed by atoms with Crippen LogP contribution in [-0.4, -0.2) is 43.0 Å². The molecule has 3 atom stereocenters. The number of ether oxygens (including phenoxy) is 3. The van der Waals surface area contributed by atoms with Gasteiger partial charge in [-0.05, 0) is 55.7 Å². The molecule has 0 spiro atoms. The minimum atomic E-state index is -0.734. The molecule has 1 aliphatic rings. The lowest BCUT2D eigenvalue weighted by Crippen LogP contribution is -2.38. The van der Waals surface area contributed by atoms with Gasteiger partial charge in [-0.2, -0.15) is 0 Å². The number of hydrogen-bond donors (Lipinski definition) is 2. The van der Waals surface area contributed by atoms with Gasteiger partial charge in [0.1, 0.15) is 6.61 Å². The number of esters is 1. The second kappa shape index (κ2) is 9.96. The summed E-state index contributed by atoms with van der Waals surface area (Å²) in [5.41, 5.74) is 1.85. The minimum absolute atomic E-state index is 0.134. The predicted octanol–water partition coefficient (Wildman–Crippen LogP) is 3.30. The molecular weight excluding hydrogens is 394 g/mol. The Bertz CT molecular complexity index is 844. The van der Waals surface area contributed by atoms with Gasteiger partial charge in [-0.3, -0.25) is 0 Å². The fourth-order valence-electron chi connectivity index (χ4n) is 3.16. The number of benzene rings is 2. The molecule has 0 bridgehead atoms. The molecule has 29 heavy (non-hydrogen) atoms. The summed E-state index contributed by atoms with van der Waals surface area (Å²) >= 11 is 5.98. The highest BCUT2D eigenvalue weighted by atomic mass is 35.5. The van der Waals surface area contributed by atoms with E-state index in [0.29, 0.717) is 29.7 Å². The van der Waals surface area contributed by atoms with E-state index < -0.39 is 18.2 Å². The van der Waals surface area contributed by atoms with Crippen molar-refractivity contribution in [3.63, 3.8) is 0 Å². The first-order chi connectivity index (χ1) is 14.0. The zero-order chi connectivity index (χ0) is 20.8. The Morgan fingerprint density at radius 2 is 2.14 bits per heavy atom. The number of carbonyl (C=O) groups excluding carboxylic acids is 1. The summed E-state index contributed by atoms with van der Waals surface area (Å²) in [6.07, 6.45) is -0.613. The molecule has 2 N–H and O–H groups in total. The number of carbonyl (C=O) groups is 1. The second-order valence-electron chi connectivity index (χ2n) is 7.03. The minimum Gasteiger partial charge on any atom is -0.485 e. The van der Waals surface area contributed by atoms with Gasteiger partial charge in [-0.15, -0.1) is 0 Å². The van der Waals surface area contributed by atoms with Crippen molar-refractivity contribution in [2.45, 2.75) is 38.5 Å². The molecule has 0 unspecified atom stereocenters. The summed E-state index contributed by atoms with van der Waals surface area (Å²) in [4.78, 5) is 11.8. The van der Waals surface area contributed by atoms with Crippen molar-refractivity contribution < 1.29 is 24.1 Å². The third-order valence-electron chi connectivity index (χ3n) is 4.65. The number of halogens is 1. The summed E-state index contributed by atoms with van der Waals surface area (Å²) in [5, 5.41) is 14.3. The summed E-state index contributed by atoms with van der Waals surface area (Å²) in [5.74, 6) is 0.738. The Labute approximate surface area is 175 Å². The van der Waals surface area contributed by atoms with Crippen LogP contribution in [0.1, 0.15) is 31.1 Å². The van der Waals surface area contributed by atoms with Crippen LogP contribution in [0.4, 0.5) is 0 Å². The van der Waals surface area contributed by atoms with Gasteiger partial charge in [0.25, 0.3) is 0 Å². The van der Waals surface area contributed by atoms with Crippen molar-refractivity contribution >= 4 is 17.6 Å². The van der Waals surface area contributed by atoms with Crippen LogP contribution < -0.4 is 14.8 Å². The van der Waals surface area contributed by atoms with Crippen LogP contribution in [0.15, 0.2) is 42.5 Å². The van der Waals surface area contributed by atoms with E-state index in [2.05, 4.69) is 12.2 Å². The predicted molar refractivity (Wildman–Crippen MR) is 111 cm³/mol. The molecule has 7 heteroatoms. The van der Waals surface area contributed by atoms with Crippen molar-refractivity contribution in [1.82, 2.24) is 5.32 Å². The Balaban J connectivity index is 1.52. The largest absolute Gasteiger partial charge is 0.485 e. The molecule has 156 valence electrons. The molecule has 1 heterocycles. The van der Waals surface area contributed by atoms with E-state index in [-0.39, 0.29) is 12.6 Å².